The third kappa shape index (κ3) is 6.19. The number of nitrogens with zero attached hydrogens (tertiary/aromatic N) is 2. The van der Waals surface area contributed by atoms with Crippen LogP contribution < -0.4 is 10.6 Å². The minimum atomic E-state index is -0.749. The Morgan fingerprint density at radius 2 is 1.90 bits per heavy atom. The fourth-order valence-corrected chi connectivity index (χ4v) is 2.70. The fourth-order valence-electron chi connectivity index (χ4n) is 1.59. The van der Waals surface area contributed by atoms with Gasteiger partial charge in [0.2, 0.25) is 0 Å². The summed E-state index contributed by atoms with van der Waals surface area (Å²) in [7, 11) is 0. The Morgan fingerprint density at radius 1 is 1.25 bits per heavy atom. The number of aliphatic hydroxyl groups is 1. The molecule has 114 valence electrons. The molecule has 0 fully saturated rings. The highest BCUT2D eigenvalue weighted by atomic mass is 32.2. The van der Waals surface area contributed by atoms with Gasteiger partial charge in [-0.1, -0.05) is 18.7 Å². The lowest BCUT2D eigenvalue weighted by atomic mass is 10.1. The molecule has 20 heavy (non-hydrogen) atoms. The van der Waals surface area contributed by atoms with Crippen LogP contribution in [0.15, 0.2) is 11.2 Å². The van der Waals surface area contributed by atoms with Crippen LogP contribution in [-0.2, 0) is 0 Å². The van der Waals surface area contributed by atoms with Crippen LogP contribution in [0.25, 0.3) is 0 Å². The van der Waals surface area contributed by atoms with Gasteiger partial charge in [0, 0.05) is 24.9 Å². The van der Waals surface area contributed by atoms with E-state index in [9.17, 15) is 5.11 Å². The normalized spacial score (nSPS) is 13.8. The van der Waals surface area contributed by atoms with Crippen LogP contribution in [0.4, 0.5) is 11.6 Å². The van der Waals surface area contributed by atoms with E-state index in [0.717, 1.165) is 29.8 Å². The van der Waals surface area contributed by atoms with Crippen LogP contribution in [-0.4, -0.2) is 52.0 Å². The molecule has 1 unspecified atom stereocenters. The maximum Gasteiger partial charge on any atom is 0.191 e. The van der Waals surface area contributed by atoms with Crippen molar-refractivity contribution < 1.29 is 5.11 Å². The van der Waals surface area contributed by atoms with E-state index in [1.807, 2.05) is 25.5 Å². The first-order valence-electron chi connectivity index (χ1n) is 6.63. The van der Waals surface area contributed by atoms with Crippen molar-refractivity contribution in [3.05, 3.63) is 6.07 Å². The number of rotatable bonds is 9. The van der Waals surface area contributed by atoms with Crippen LogP contribution in [0.3, 0.4) is 0 Å². The van der Waals surface area contributed by atoms with E-state index < -0.39 is 5.60 Å². The number of aromatic nitrogens is 2. The van der Waals surface area contributed by atoms with Gasteiger partial charge in [0.15, 0.2) is 5.16 Å². The molecule has 0 aliphatic heterocycles. The molecule has 0 bridgehead atoms. The highest BCUT2D eigenvalue weighted by Crippen LogP contribution is 2.18. The predicted octanol–water partition coefficient (Wildman–Crippen LogP) is 2.55. The molecule has 7 heteroatoms. The molecule has 1 rings (SSSR count). The van der Waals surface area contributed by atoms with Crippen molar-refractivity contribution in [2.75, 3.05) is 42.0 Å². The molecule has 5 nitrogen and oxygen atoms in total. The van der Waals surface area contributed by atoms with Crippen molar-refractivity contribution in [1.29, 1.82) is 0 Å². The third-order valence-electron chi connectivity index (χ3n) is 2.55. The first kappa shape index (κ1) is 17.4. The van der Waals surface area contributed by atoms with Crippen molar-refractivity contribution in [2.24, 2.45) is 0 Å². The average molecular weight is 316 g/mol. The van der Waals surface area contributed by atoms with Crippen LogP contribution in [0.1, 0.15) is 20.3 Å². The lowest BCUT2D eigenvalue weighted by molar-refractivity contribution is 0.0996. The molecular formula is C13H24N4OS2. The Balaban J connectivity index is 2.73. The van der Waals surface area contributed by atoms with E-state index in [2.05, 4.69) is 27.5 Å². The quantitative estimate of drug-likeness (QED) is 0.478. The summed E-state index contributed by atoms with van der Waals surface area (Å²) in [5.41, 5.74) is -0.749. The van der Waals surface area contributed by atoms with Crippen molar-refractivity contribution in [2.45, 2.75) is 31.0 Å². The summed E-state index contributed by atoms with van der Waals surface area (Å²) < 4.78 is 0. The smallest absolute Gasteiger partial charge is 0.191 e. The Labute approximate surface area is 129 Å². The molecule has 1 aromatic rings. The molecule has 0 aliphatic carbocycles. The number of nitrogens with one attached hydrogen (secondary N) is 2. The summed E-state index contributed by atoms with van der Waals surface area (Å²) in [6, 6.07) is 1.88. The zero-order chi connectivity index (χ0) is 15.0. The standard InChI is InChI=1S/C13H24N4OS2/c1-5-6-14-10-7-11(17-12(16-10)20-4)15-8-13(2,18)9-19-3/h7,18H,5-6,8-9H2,1-4H3,(H2,14,15,16,17). The summed E-state index contributed by atoms with van der Waals surface area (Å²) in [6.45, 7) is 5.28. The number of hydrogen-bond donors (Lipinski definition) is 3. The van der Waals surface area contributed by atoms with Crippen LogP contribution in [0.5, 0.6) is 0 Å². The highest BCUT2D eigenvalue weighted by molar-refractivity contribution is 7.98. The molecule has 0 saturated carbocycles. The van der Waals surface area contributed by atoms with E-state index in [0.29, 0.717) is 12.3 Å². The molecular weight excluding hydrogens is 292 g/mol. The molecule has 1 aromatic heterocycles. The Bertz CT molecular complexity index is 415. The fraction of sp³-hybridized carbons (Fsp3) is 0.692. The van der Waals surface area contributed by atoms with E-state index in [-0.39, 0.29) is 0 Å². The molecule has 0 aromatic carbocycles. The molecule has 0 amide bonds. The summed E-state index contributed by atoms with van der Waals surface area (Å²) in [6.07, 6.45) is 4.98. The Morgan fingerprint density at radius 3 is 2.45 bits per heavy atom. The lowest BCUT2D eigenvalue weighted by Crippen LogP contribution is -2.36. The molecule has 0 saturated heterocycles. The van der Waals surface area contributed by atoms with Gasteiger partial charge in [-0.25, -0.2) is 9.97 Å². The molecule has 0 aliphatic rings. The zero-order valence-corrected chi connectivity index (χ0v) is 14.2. The van der Waals surface area contributed by atoms with Gasteiger partial charge >= 0.3 is 0 Å². The molecule has 3 N–H and O–H groups in total. The minimum absolute atomic E-state index is 0.464. The zero-order valence-electron chi connectivity index (χ0n) is 12.6. The second kappa shape index (κ2) is 8.59. The second-order valence-corrected chi connectivity index (χ2v) is 6.47. The summed E-state index contributed by atoms with van der Waals surface area (Å²) >= 11 is 3.13. The summed E-state index contributed by atoms with van der Waals surface area (Å²) in [5, 5.41) is 17.3. The number of anilines is 2. The molecule has 0 spiro atoms. The van der Waals surface area contributed by atoms with E-state index in [1.165, 1.54) is 11.8 Å². The van der Waals surface area contributed by atoms with Gasteiger partial charge in [0.05, 0.1) is 5.60 Å². The van der Waals surface area contributed by atoms with Gasteiger partial charge in [0.1, 0.15) is 11.6 Å². The minimum Gasteiger partial charge on any atom is -0.387 e. The monoisotopic (exact) mass is 316 g/mol. The van der Waals surface area contributed by atoms with Crippen molar-refractivity contribution in [1.82, 2.24) is 9.97 Å². The van der Waals surface area contributed by atoms with E-state index in [1.54, 1.807) is 11.8 Å². The number of thioether (sulfide) groups is 2. The topological polar surface area (TPSA) is 70.1 Å². The molecule has 1 atom stereocenters. The van der Waals surface area contributed by atoms with Gasteiger partial charge in [-0.15, -0.1) is 0 Å². The Kier molecular flexibility index (Phi) is 7.47. The van der Waals surface area contributed by atoms with E-state index in [4.69, 9.17) is 0 Å². The van der Waals surface area contributed by atoms with Gasteiger partial charge in [0.25, 0.3) is 0 Å². The van der Waals surface area contributed by atoms with Crippen molar-refractivity contribution in [3.8, 4) is 0 Å². The van der Waals surface area contributed by atoms with Gasteiger partial charge in [-0.05, 0) is 25.9 Å². The largest absolute Gasteiger partial charge is 0.387 e. The summed E-state index contributed by atoms with van der Waals surface area (Å²) in [4.78, 5) is 8.81. The first-order chi connectivity index (χ1) is 9.50. The van der Waals surface area contributed by atoms with Gasteiger partial charge in [-0.3, -0.25) is 0 Å². The second-order valence-electron chi connectivity index (χ2n) is 4.84. The number of hydrogen-bond acceptors (Lipinski definition) is 7. The highest BCUT2D eigenvalue weighted by Gasteiger charge is 2.19. The van der Waals surface area contributed by atoms with E-state index >= 15 is 0 Å². The van der Waals surface area contributed by atoms with Crippen molar-refractivity contribution in [3.63, 3.8) is 0 Å². The molecule has 1 heterocycles. The molecule has 0 radical (unpaired) electrons. The average Bonchev–Trinajstić information content (AvgIpc) is 2.43. The van der Waals surface area contributed by atoms with Gasteiger partial charge < -0.3 is 15.7 Å². The lowest BCUT2D eigenvalue weighted by Gasteiger charge is -2.23. The first-order valence-corrected chi connectivity index (χ1v) is 9.24. The summed E-state index contributed by atoms with van der Waals surface area (Å²) in [5.74, 6) is 2.24. The predicted molar refractivity (Wildman–Crippen MR) is 90.1 cm³/mol. The van der Waals surface area contributed by atoms with Crippen LogP contribution in [0, 0.1) is 0 Å². The maximum atomic E-state index is 10.2. The third-order valence-corrected chi connectivity index (χ3v) is 4.01. The van der Waals surface area contributed by atoms with Crippen molar-refractivity contribution >= 4 is 35.2 Å². The van der Waals surface area contributed by atoms with Crippen LogP contribution >= 0.6 is 23.5 Å². The Hall–Kier alpha value is -0.660. The van der Waals surface area contributed by atoms with Gasteiger partial charge in [-0.2, -0.15) is 11.8 Å². The SMILES string of the molecule is CCCNc1cc(NCC(C)(O)CSC)nc(SC)n1. The van der Waals surface area contributed by atoms with Crippen LogP contribution in [0.2, 0.25) is 0 Å². The maximum absolute atomic E-state index is 10.2.